The average Bonchev–Trinajstić information content (AvgIpc) is 2.42. The molecule has 2 rings (SSSR count). The zero-order chi connectivity index (χ0) is 15.6. The van der Waals surface area contributed by atoms with E-state index in [2.05, 4.69) is 54.9 Å². The molecule has 2 aromatic rings. The van der Waals surface area contributed by atoms with Gasteiger partial charge >= 0.3 is 0 Å². The molecule has 0 spiro atoms. The molecule has 1 atom stereocenters. The van der Waals surface area contributed by atoms with Gasteiger partial charge in [-0.05, 0) is 70.6 Å². The molecule has 0 fully saturated rings. The summed E-state index contributed by atoms with van der Waals surface area (Å²) in [7, 11) is 0. The normalized spacial score (nSPS) is 12.5. The molecule has 0 aliphatic heterocycles. The van der Waals surface area contributed by atoms with E-state index in [1.807, 2.05) is 25.1 Å². The van der Waals surface area contributed by atoms with Crippen molar-refractivity contribution >= 4 is 15.9 Å². The third kappa shape index (κ3) is 3.86. The average molecular weight is 348 g/mol. The van der Waals surface area contributed by atoms with Crippen LogP contribution in [0.5, 0.6) is 11.5 Å². The van der Waals surface area contributed by atoms with E-state index in [0.717, 1.165) is 27.1 Å². The van der Waals surface area contributed by atoms with Gasteiger partial charge in [0, 0.05) is 6.04 Å². The fourth-order valence-corrected chi connectivity index (χ4v) is 2.56. The number of hydrogen-bond donors (Lipinski definition) is 1. The first kappa shape index (κ1) is 16.1. The Balaban J connectivity index is 2.32. The van der Waals surface area contributed by atoms with Crippen LogP contribution >= 0.6 is 15.9 Å². The predicted molar refractivity (Wildman–Crippen MR) is 92.1 cm³/mol. The molecule has 0 saturated carbocycles. The summed E-state index contributed by atoms with van der Waals surface area (Å²) in [6.45, 7) is 8.39. The smallest absolute Gasteiger partial charge is 0.141 e. The summed E-state index contributed by atoms with van der Waals surface area (Å²) in [6.07, 6.45) is 0. The maximum Gasteiger partial charge on any atom is 0.141 e. The first-order chi connectivity index (χ1) is 9.88. The van der Waals surface area contributed by atoms with Crippen molar-refractivity contribution in [2.24, 2.45) is 5.73 Å². The van der Waals surface area contributed by atoms with Crippen LogP contribution in [-0.4, -0.2) is 0 Å². The molecule has 0 aliphatic carbocycles. The van der Waals surface area contributed by atoms with Gasteiger partial charge in [-0.1, -0.05) is 32.0 Å². The Hall–Kier alpha value is -1.32. The lowest BCUT2D eigenvalue weighted by atomic mass is 10.0. The second kappa shape index (κ2) is 6.63. The molecule has 3 heteroatoms. The van der Waals surface area contributed by atoms with Crippen LogP contribution in [-0.2, 0) is 0 Å². The van der Waals surface area contributed by atoms with Crippen molar-refractivity contribution in [1.29, 1.82) is 0 Å². The molecule has 0 radical (unpaired) electrons. The third-order valence-corrected chi connectivity index (χ3v) is 4.20. The van der Waals surface area contributed by atoms with Crippen molar-refractivity contribution in [2.45, 2.75) is 39.7 Å². The fraction of sp³-hybridized carbons (Fsp3) is 0.333. The van der Waals surface area contributed by atoms with Gasteiger partial charge in [-0.25, -0.2) is 0 Å². The summed E-state index contributed by atoms with van der Waals surface area (Å²) >= 11 is 3.56. The zero-order valence-corrected chi connectivity index (χ0v) is 14.6. The highest BCUT2D eigenvalue weighted by atomic mass is 79.9. The minimum absolute atomic E-state index is 0.0151. The quantitative estimate of drug-likeness (QED) is 0.770. The number of nitrogens with two attached hydrogens (primary N) is 1. The second-order valence-corrected chi connectivity index (χ2v) is 6.61. The third-order valence-electron chi connectivity index (χ3n) is 3.58. The molecule has 0 aromatic heterocycles. The van der Waals surface area contributed by atoms with Crippen molar-refractivity contribution in [3.63, 3.8) is 0 Å². The molecule has 2 nitrogen and oxygen atoms in total. The summed E-state index contributed by atoms with van der Waals surface area (Å²) < 4.78 is 7.00. The van der Waals surface area contributed by atoms with Crippen LogP contribution < -0.4 is 10.5 Å². The van der Waals surface area contributed by atoms with Crippen LogP contribution in [0.3, 0.4) is 0 Å². The van der Waals surface area contributed by atoms with E-state index in [0.29, 0.717) is 5.92 Å². The molecule has 0 unspecified atom stereocenters. The van der Waals surface area contributed by atoms with Gasteiger partial charge in [-0.2, -0.15) is 0 Å². The molecule has 0 saturated heterocycles. The maximum absolute atomic E-state index is 6.08. The Morgan fingerprint density at radius 3 is 2.19 bits per heavy atom. The van der Waals surface area contributed by atoms with Crippen LogP contribution in [0.15, 0.2) is 40.9 Å². The molecule has 0 heterocycles. The van der Waals surface area contributed by atoms with Crippen LogP contribution in [0.2, 0.25) is 0 Å². The highest BCUT2D eigenvalue weighted by Crippen LogP contribution is 2.34. The molecule has 0 bridgehead atoms. The van der Waals surface area contributed by atoms with Crippen molar-refractivity contribution in [1.82, 2.24) is 0 Å². The Morgan fingerprint density at radius 1 is 0.952 bits per heavy atom. The fourth-order valence-electron chi connectivity index (χ4n) is 2.09. The zero-order valence-electron chi connectivity index (χ0n) is 13.0. The SMILES string of the molecule is Cc1ccc(C(C)C)cc1Oc1ccc([C@H](C)N)cc1Br. The van der Waals surface area contributed by atoms with Crippen LogP contribution in [0.1, 0.15) is 49.4 Å². The number of hydrogen-bond acceptors (Lipinski definition) is 2. The second-order valence-electron chi connectivity index (χ2n) is 5.76. The van der Waals surface area contributed by atoms with E-state index < -0.39 is 0 Å². The van der Waals surface area contributed by atoms with E-state index in [1.54, 1.807) is 0 Å². The number of halogens is 1. The van der Waals surface area contributed by atoms with Crippen molar-refractivity contribution in [2.75, 3.05) is 0 Å². The lowest BCUT2D eigenvalue weighted by molar-refractivity contribution is 0.474. The summed E-state index contributed by atoms with van der Waals surface area (Å²) in [5.74, 6) is 2.19. The number of benzene rings is 2. The lowest BCUT2D eigenvalue weighted by Gasteiger charge is -2.15. The van der Waals surface area contributed by atoms with Gasteiger partial charge in [0.1, 0.15) is 11.5 Å². The largest absolute Gasteiger partial charge is 0.456 e. The van der Waals surface area contributed by atoms with Crippen LogP contribution in [0.4, 0.5) is 0 Å². The molecular formula is C18H22BrNO. The minimum Gasteiger partial charge on any atom is -0.456 e. The molecule has 0 aliphatic rings. The summed E-state index contributed by atoms with van der Waals surface area (Å²) in [4.78, 5) is 0. The van der Waals surface area contributed by atoms with Gasteiger partial charge in [0.25, 0.3) is 0 Å². The Bertz CT molecular complexity index is 635. The lowest BCUT2D eigenvalue weighted by Crippen LogP contribution is -2.04. The standard InChI is InChI=1S/C18H22BrNO/c1-11(2)14-6-5-12(3)18(10-14)21-17-8-7-15(13(4)20)9-16(17)19/h5-11,13H,20H2,1-4H3/t13-/m0/s1. The first-order valence-corrected chi connectivity index (χ1v) is 8.01. The van der Waals surface area contributed by atoms with Gasteiger partial charge in [0.2, 0.25) is 0 Å². The van der Waals surface area contributed by atoms with E-state index in [1.165, 1.54) is 5.56 Å². The predicted octanol–water partition coefficient (Wildman–Crippen LogP) is 5.69. The van der Waals surface area contributed by atoms with E-state index in [9.17, 15) is 0 Å². The van der Waals surface area contributed by atoms with Crippen LogP contribution in [0.25, 0.3) is 0 Å². The molecule has 112 valence electrons. The highest BCUT2D eigenvalue weighted by molar-refractivity contribution is 9.10. The summed E-state index contributed by atoms with van der Waals surface area (Å²) in [6, 6.07) is 12.4. The minimum atomic E-state index is 0.0151. The topological polar surface area (TPSA) is 35.2 Å². The van der Waals surface area contributed by atoms with Crippen molar-refractivity contribution in [3.8, 4) is 11.5 Å². The van der Waals surface area contributed by atoms with E-state index >= 15 is 0 Å². The van der Waals surface area contributed by atoms with Crippen LogP contribution in [0, 0.1) is 6.92 Å². The molecule has 2 aromatic carbocycles. The molecule has 21 heavy (non-hydrogen) atoms. The Morgan fingerprint density at radius 2 is 1.62 bits per heavy atom. The van der Waals surface area contributed by atoms with Gasteiger partial charge in [0.15, 0.2) is 0 Å². The van der Waals surface area contributed by atoms with E-state index in [4.69, 9.17) is 10.5 Å². The van der Waals surface area contributed by atoms with Gasteiger partial charge in [-0.15, -0.1) is 0 Å². The molecule has 2 N–H and O–H groups in total. The highest BCUT2D eigenvalue weighted by Gasteiger charge is 2.10. The first-order valence-electron chi connectivity index (χ1n) is 7.22. The van der Waals surface area contributed by atoms with Crippen molar-refractivity contribution < 1.29 is 4.74 Å². The monoisotopic (exact) mass is 347 g/mol. The van der Waals surface area contributed by atoms with Gasteiger partial charge in [-0.3, -0.25) is 0 Å². The summed E-state index contributed by atoms with van der Waals surface area (Å²) in [5.41, 5.74) is 9.39. The van der Waals surface area contributed by atoms with Crippen molar-refractivity contribution in [3.05, 3.63) is 57.6 Å². The number of aryl methyl sites for hydroxylation is 1. The summed E-state index contributed by atoms with van der Waals surface area (Å²) in [5, 5.41) is 0. The Kier molecular flexibility index (Phi) is 5.07. The maximum atomic E-state index is 6.08. The van der Waals surface area contributed by atoms with Gasteiger partial charge < -0.3 is 10.5 Å². The van der Waals surface area contributed by atoms with E-state index in [-0.39, 0.29) is 6.04 Å². The number of rotatable bonds is 4. The van der Waals surface area contributed by atoms with Gasteiger partial charge in [0.05, 0.1) is 4.47 Å². The molecular weight excluding hydrogens is 326 g/mol. The Labute approximate surface area is 135 Å². The molecule has 0 amide bonds. The number of ether oxygens (including phenoxy) is 1.